The van der Waals surface area contributed by atoms with Crippen LogP contribution >= 0.6 is 0 Å². The molecule has 0 aliphatic carbocycles. The highest BCUT2D eigenvalue weighted by molar-refractivity contribution is 6.05. The van der Waals surface area contributed by atoms with Crippen molar-refractivity contribution >= 4 is 34.6 Å². The standard InChI is InChI=1S/C29H28N4O2/c1-20-4-12-24(13-5-20)30-28(34)22-8-16-26(17-9-22)32-33(3)27-18-10-23(11-19-27)29(35)31-25-14-6-21(2)7-15-25/h4-19,32H,1-3H3,(H,30,34)(H,31,35). The van der Waals surface area contributed by atoms with Gasteiger partial charge >= 0.3 is 0 Å². The van der Waals surface area contributed by atoms with E-state index in [9.17, 15) is 9.59 Å². The molecule has 4 rings (SSSR count). The lowest BCUT2D eigenvalue weighted by Gasteiger charge is -2.22. The zero-order chi connectivity index (χ0) is 24.8. The summed E-state index contributed by atoms with van der Waals surface area (Å²) in [5.41, 5.74) is 9.95. The molecule has 3 N–H and O–H groups in total. The summed E-state index contributed by atoms with van der Waals surface area (Å²) in [7, 11) is 1.89. The first-order valence-electron chi connectivity index (χ1n) is 11.3. The average molecular weight is 465 g/mol. The van der Waals surface area contributed by atoms with Gasteiger partial charge in [-0.3, -0.25) is 20.0 Å². The molecule has 0 heterocycles. The van der Waals surface area contributed by atoms with Crippen LogP contribution in [0.4, 0.5) is 22.7 Å². The van der Waals surface area contributed by atoms with Crippen LogP contribution in [0.3, 0.4) is 0 Å². The Morgan fingerprint density at radius 2 is 0.914 bits per heavy atom. The van der Waals surface area contributed by atoms with Crippen molar-refractivity contribution in [2.24, 2.45) is 0 Å². The van der Waals surface area contributed by atoms with Crippen molar-refractivity contribution < 1.29 is 9.59 Å². The molecule has 4 aromatic rings. The van der Waals surface area contributed by atoms with E-state index in [1.165, 1.54) is 0 Å². The van der Waals surface area contributed by atoms with Crippen LogP contribution in [0.5, 0.6) is 0 Å². The van der Waals surface area contributed by atoms with E-state index in [1.807, 2.05) is 98.7 Å². The molecule has 0 saturated carbocycles. The third-order valence-corrected chi connectivity index (χ3v) is 5.58. The number of amides is 2. The number of hydrogen-bond donors (Lipinski definition) is 3. The number of hydrogen-bond acceptors (Lipinski definition) is 4. The summed E-state index contributed by atoms with van der Waals surface area (Å²) < 4.78 is 0. The third-order valence-electron chi connectivity index (χ3n) is 5.58. The summed E-state index contributed by atoms with van der Waals surface area (Å²) in [6.45, 7) is 4.01. The molecule has 0 unspecified atom stereocenters. The fourth-order valence-corrected chi connectivity index (χ4v) is 3.47. The average Bonchev–Trinajstić information content (AvgIpc) is 2.87. The number of benzene rings is 4. The van der Waals surface area contributed by atoms with Crippen LogP contribution in [0.1, 0.15) is 31.8 Å². The van der Waals surface area contributed by atoms with Gasteiger partial charge in [-0.15, -0.1) is 0 Å². The molecular formula is C29H28N4O2. The van der Waals surface area contributed by atoms with Crippen LogP contribution in [0.2, 0.25) is 0 Å². The quantitative estimate of drug-likeness (QED) is 0.282. The highest BCUT2D eigenvalue weighted by Crippen LogP contribution is 2.19. The summed E-state index contributed by atoms with van der Waals surface area (Å²) in [4.78, 5) is 25.0. The van der Waals surface area contributed by atoms with Crippen molar-refractivity contribution in [3.05, 3.63) is 119 Å². The maximum absolute atomic E-state index is 12.5. The Kier molecular flexibility index (Phi) is 7.12. The van der Waals surface area contributed by atoms with Crippen molar-refractivity contribution in [1.29, 1.82) is 0 Å². The Balaban J connectivity index is 1.33. The first-order chi connectivity index (χ1) is 16.9. The summed E-state index contributed by atoms with van der Waals surface area (Å²) in [6.07, 6.45) is 0. The van der Waals surface area contributed by atoms with Gasteiger partial charge in [0.25, 0.3) is 11.8 Å². The Hall–Kier alpha value is -4.58. The lowest BCUT2D eigenvalue weighted by Crippen LogP contribution is -2.24. The Bertz CT molecular complexity index is 1300. The molecule has 0 spiro atoms. The second-order valence-corrected chi connectivity index (χ2v) is 8.44. The predicted molar refractivity (Wildman–Crippen MR) is 143 cm³/mol. The monoisotopic (exact) mass is 464 g/mol. The number of carbonyl (C=O) groups is 2. The maximum Gasteiger partial charge on any atom is 0.255 e. The molecule has 0 saturated heterocycles. The van der Waals surface area contributed by atoms with Gasteiger partial charge in [-0.2, -0.15) is 0 Å². The highest BCUT2D eigenvalue weighted by Gasteiger charge is 2.09. The van der Waals surface area contributed by atoms with Crippen LogP contribution in [0, 0.1) is 13.8 Å². The summed E-state index contributed by atoms with van der Waals surface area (Å²) in [5, 5.41) is 7.66. The fraction of sp³-hybridized carbons (Fsp3) is 0.103. The molecule has 4 aromatic carbocycles. The Morgan fingerprint density at radius 1 is 0.543 bits per heavy atom. The fourth-order valence-electron chi connectivity index (χ4n) is 3.47. The van der Waals surface area contributed by atoms with E-state index in [1.54, 1.807) is 24.3 Å². The van der Waals surface area contributed by atoms with E-state index < -0.39 is 0 Å². The largest absolute Gasteiger partial charge is 0.322 e. The molecule has 0 atom stereocenters. The van der Waals surface area contributed by atoms with Crippen molar-refractivity contribution in [1.82, 2.24) is 0 Å². The van der Waals surface area contributed by atoms with Gasteiger partial charge in [-0.1, -0.05) is 35.4 Å². The number of aryl methyl sites for hydroxylation is 2. The smallest absolute Gasteiger partial charge is 0.255 e. The highest BCUT2D eigenvalue weighted by atomic mass is 16.2. The van der Waals surface area contributed by atoms with E-state index >= 15 is 0 Å². The molecule has 0 bridgehead atoms. The molecular weight excluding hydrogens is 436 g/mol. The van der Waals surface area contributed by atoms with Crippen molar-refractivity contribution in [2.45, 2.75) is 13.8 Å². The van der Waals surface area contributed by atoms with Gasteiger partial charge in [0, 0.05) is 29.5 Å². The van der Waals surface area contributed by atoms with Crippen molar-refractivity contribution in [2.75, 3.05) is 28.1 Å². The molecule has 2 amide bonds. The van der Waals surface area contributed by atoms with Crippen LogP contribution in [-0.4, -0.2) is 18.9 Å². The van der Waals surface area contributed by atoms with Gasteiger partial charge in [-0.05, 0) is 86.6 Å². The predicted octanol–water partition coefficient (Wildman–Crippen LogP) is 6.27. The van der Waals surface area contributed by atoms with Gasteiger partial charge in [0.1, 0.15) is 0 Å². The number of rotatable bonds is 7. The van der Waals surface area contributed by atoms with Gasteiger partial charge in [-0.25, -0.2) is 0 Å². The topological polar surface area (TPSA) is 73.5 Å². The molecule has 6 heteroatoms. The van der Waals surface area contributed by atoms with E-state index in [0.717, 1.165) is 33.9 Å². The zero-order valence-corrected chi connectivity index (χ0v) is 20.0. The van der Waals surface area contributed by atoms with E-state index in [2.05, 4.69) is 16.1 Å². The van der Waals surface area contributed by atoms with Crippen LogP contribution in [0.25, 0.3) is 0 Å². The first-order valence-corrected chi connectivity index (χ1v) is 11.3. The zero-order valence-electron chi connectivity index (χ0n) is 20.0. The maximum atomic E-state index is 12.5. The van der Waals surface area contributed by atoms with E-state index in [4.69, 9.17) is 0 Å². The van der Waals surface area contributed by atoms with E-state index in [0.29, 0.717) is 11.1 Å². The summed E-state index contributed by atoms with van der Waals surface area (Å²) in [6, 6.07) is 30.0. The number of carbonyl (C=O) groups excluding carboxylic acids is 2. The minimum absolute atomic E-state index is 0.157. The van der Waals surface area contributed by atoms with Gasteiger partial charge < -0.3 is 10.6 Å². The second-order valence-electron chi connectivity index (χ2n) is 8.44. The summed E-state index contributed by atoms with van der Waals surface area (Å²) in [5.74, 6) is -0.316. The summed E-state index contributed by atoms with van der Waals surface area (Å²) >= 11 is 0. The third kappa shape index (κ3) is 6.26. The number of nitrogens with zero attached hydrogens (tertiary/aromatic N) is 1. The number of nitrogens with one attached hydrogen (secondary N) is 3. The van der Waals surface area contributed by atoms with Gasteiger partial charge in [0.2, 0.25) is 0 Å². The molecule has 35 heavy (non-hydrogen) atoms. The lowest BCUT2D eigenvalue weighted by atomic mass is 10.1. The molecule has 0 fully saturated rings. The van der Waals surface area contributed by atoms with Gasteiger partial charge in [0.05, 0.1) is 11.4 Å². The molecule has 0 aromatic heterocycles. The van der Waals surface area contributed by atoms with Crippen molar-refractivity contribution in [3.8, 4) is 0 Å². The van der Waals surface area contributed by atoms with Crippen molar-refractivity contribution in [3.63, 3.8) is 0 Å². The molecule has 6 nitrogen and oxygen atoms in total. The minimum atomic E-state index is -0.159. The normalized spacial score (nSPS) is 10.4. The minimum Gasteiger partial charge on any atom is -0.322 e. The molecule has 176 valence electrons. The SMILES string of the molecule is Cc1ccc(NC(=O)c2ccc(NN(C)c3ccc(C(=O)Nc4ccc(C)cc4)cc3)cc2)cc1. The number of hydrazine groups is 1. The van der Waals surface area contributed by atoms with E-state index in [-0.39, 0.29) is 11.8 Å². The Labute approximate surface area is 205 Å². The molecule has 0 radical (unpaired) electrons. The Morgan fingerprint density at radius 3 is 1.34 bits per heavy atom. The first kappa shape index (κ1) is 23.6. The second kappa shape index (κ2) is 10.6. The van der Waals surface area contributed by atoms with Crippen LogP contribution in [-0.2, 0) is 0 Å². The number of anilines is 4. The van der Waals surface area contributed by atoms with Gasteiger partial charge in [0.15, 0.2) is 0 Å². The molecule has 0 aliphatic heterocycles. The van der Waals surface area contributed by atoms with Crippen LogP contribution in [0.15, 0.2) is 97.1 Å². The molecule has 0 aliphatic rings. The lowest BCUT2D eigenvalue weighted by molar-refractivity contribution is 0.101. The van der Waals surface area contributed by atoms with Crippen LogP contribution < -0.4 is 21.1 Å².